The number of anilines is 1. The maximum atomic E-state index is 12.7. The van der Waals surface area contributed by atoms with Crippen molar-refractivity contribution in [1.82, 2.24) is 0 Å². The third kappa shape index (κ3) is 6.23. The number of nitrogens with one attached hydrogen (secondary N) is 1. The van der Waals surface area contributed by atoms with Crippen molar-refractivity contribution in [3.05, 3.63) is 92.4 Å². The van der Waals surface area contributed by atoms with E-state index >= 15 is 0 Å². The van der Waals surface area contributed by atoms with Crippen LogP contribution in [0.4, 0.5) is 5.69 Å². The maximum Gasteiger partial charge on any atom is 0.339 e. The molecule has 0 unspecified atom stereocenters. The van der Waals surface area contributed by atoms with E-state index in [-0.39, 0.29) is 21.8 Å². The molecule has 0 saturated heterocycles. The molecule has 33 heavy (non-hydrogen) atoms. The number of carbonyl (C=O) groups is 1. The molecule has 168 valence electrons. The van der Waals surface area contributed by atoms with Crippen LogP contribution in [0.25, 0.3) is 6.08 Å². The number of nitriles is 1. The third-order valence-corrected chi connectivity index (χ3v) is 6.56. The Bertz CT molecular complexity index is 1390. The number of benzene rings is 3. The van der Waals surface area contributed by atoms with Gasteiger partial charge < -0.3 is 9.50 Å². The Morgan fingerprint density at radius 3 is 2.42 bits per heavy atom. The van der Waals surface area contributed by atoms with Gasteiger partial charge >= 0.3 is 10.1 Å². The van der Waals surface area contributed by atoms with E-state index in [0.29, 0.717) is 15.2 Å². The highest BCUT2D eigenvalue weighted by Crippen LogP contribution is 2.29. The van der Waals surface area contributed by atoms with Gasteiger partial charge in [-0.05, 0) is 74.0 Å². The molecule has 0 spiro atoms. The van der Waals surface area contributed by atoms with Crippen LogP contribution in [-0.4, -0.2) is 14.3 Å². The summed E-state index contributed by atoms with van der Waals surface area (Å²) in [5, 5.41) is 12.7. The molecule has 1 amide bonds. The lowest BCUT2D eigenvalue weighted by atomic mass is 10.1. The van der Waals surface area contributed by atoms with E-state index in [1.165, 1.54) is 36.4 Å². The molecule has 1 N–H and O–H groups in total. The molecule has 6 nitrogen and oxygen atoms in total. The first-order chi connectivity index (χ1) is 15.6. The molecule has 0 saturated carbocycles. The van der Waals surface area contributed by atoms with Crippen LogP contribution in [0.3, 0.4) is 0 Å². The maximum absolute atomic E-state index is 12.7. The lowest BCUT2D eigenvalue weighted by molar-refractivity contribution is -0.112. The Hall–Kier alpha value is -3.12. The van der Waals surface area contributed by atoms with Crippen LogP contribution in [0.1, 0.15) is 16.7 Å². The van der Waals surface area contributed by atoms with Crippen LogP contribution in [0.5, 0.6) is 5.75 Å². The predicted molar refractivity (Wildman–Crippen MR) is 132 cm³/mol. The lowest BCUT2D eigenvalue weighted by Crippen LogP contribution is -2.14. The fraction of sp³-hybridized carbons (Fsp3) is 0.0833. The molecule has 3 aromatic carbocycles. The number of hydrogen-bond donors (Lipinski definition) is 1. The van der Waals surface area contributed by atoms with E-state index in [1.807, 2.05) is 32.0 Å². The Kier molecular flexibility index (Phi) is 7.59. The molecule has 0 aromatic heterocycles. The third-order valence-electron chi connectivity index (χ3n) is 4.57. The van der Waals surface area contributed by atoms with Gasteiger partial charge in [-0.2, -0.15) is 13.7 Å². The monoisotopic (exact) mass is 544 g/mol. The first-order valence-corrected chi connectivity index (χ1v) is 12.2. The van der Waals surface area contributed by atoms with E-state index in [4.69, 9.17) is 15.8 Å². The normalized spacial score (nSPS) is 11.5. The molecule has 0 fully saturated rings. The Balaban J connectivity index is 1.94. The zero-order chi connectivity index (χ0) is 24.2. The molecule has 0 bridgehead atoms. The van der Waals surface area contributed by atoms with Gasteiger partial charge in [0.05, 0.1) is 0 Å². The van der Waals surface area contributed by atoms with Gasteiger partial charge in [-0.15, -0.1) is 0 Å². The van der Waals surface area contributed by atoms with Crippen LogP contribution in [0.2, 0.25) is 5.02 Å². The topological polar surface area (TPSA) is 96.3 Å². The van der Waals surface area contributed by atoms with Crippen LogP contribution >= 0.6 is 27.5 Å². The first kappa shape index (κ1) is 24.5. The van der Waals surface area contributed by atoms with E-state index in [1.54, 1.807) is 18.2 Å². The van der Waals surface area contributed by atoms with E-state index in [0.717, 1.165) is 11.1 Å². The molecule has 0 aliphatic rings. The van der Waals surface area contributed by atoms with Crippen molar-refractivity contribution in [3.63, 3.8) is 0 Å². The summed E-state index contributed by atoms with van der Waals surface area (Å²) in [5.74, 6) is -0.670. The molecule has 9 heteroatoms. The predicted octanol–water partition coefficient (Wildman–Crippen LogP) is 6.03. The van der Waals surface area contributed by atoms with E-state index < -0.39 is 16.0 Å². The molecular weight excluding hydrogens is 528 g/mol. The second-order valence-corrected chi connectivity index (χ2v) is 10.0. The molecule has 0 aliphatic heterocycles. The van der Waals surface area contributed by atoms with E-state index in [2.05, 4.69) is 21.2 Å². The fourth-order valence-electron chi connectivity index (χ4n) is 2.92. The summed E-state index contributed by atoms with van der Waals surface area (Å²) in [7, 11) is -4.17. The van der Waals surface area contributed by atoms with Crippen molar-refractivity contribution in [2.75, 3.05) is 5.32 Å². The number of aryl methyl sites for hydroxylation is 2. The Morgan fingerprint density at radius 1 is 1.09 bits per heavy atom. The van der Waals surface area contributed by atoms with Gasteiger partial charge in [0.2, 0.25) is 0 Å². The molecule has 3 rings (SSSR count). The highest BCUT2D eigenvalue weighted by Gasteiger charge is 2.19. The van der Waals surface area contributed by atoms with Gasteiger partial charge in [0.25, 0.3) is 5.91 Å². The highest BCUT2D eigenvalue weighted by atomic mass is 79.9. The van der Waals surface area contributed by atoms with E-state index in [9.17, 15) is 18.5 Å². The Labute approximate surface area is 205 Å². The number of rotatable bonds is 6. The second-order valence-electron chi connectivity index (χ2n) is 7.12. The van der Waals surface area contributed by atoms with Gasteiger partial charge in [0.15, 0.2) is 0 Å². The summed E-state index contributed by atoms with van der Waals surface area (Å²) < 4.78 is 31.3. The molecule has 0 aliphatic carbocycles. The number of carbonyl (C=O) groups excluding carboxylic acids is 1. The standard InChI is InChI=1S/C24H18BrClN2O4S/c1-15-3-9-22(16(2)11-15)28-24(29)18(14-27)12-17-13-19(25)4-10-23(17)32-33(30,31)21-7-5-20(26)6-8-21/h3-13H,1-2H3,(H,28,29)/b18-12+. The van der Waals surface area contributed by atoms with Gasteiger partial charge in [0.1, 0.15) is 22.3 Å². The van der Waals surface area contributed by atoms with Crippen LogP contribution < -0.4 is 9.50 Å². The minimum Gasteiger partial charge on any atom is -0.378 e. The quantitative estimate of drug-likeness (QED) is 0.232. The number of nitrogens with zero attached hydrogens (tertiary/aromatic N) is 1. The largest absolute Gasteiger partial charge is 0.378 e. The summed E-state index contributed by atoms with van der Waals surface area (Å²) in [6.45, 7) is 3.78. The molecule has 0 heterocycles. The van der Waals surface area contributed by atoms with Gasteiger partial charge in [-0.25, -0.2) is 0 Å². The number of halogens is 2. The minimum absolute atomic E-state index is 0.0415. The fourth-order valence-corrected chi connectivity index (χ4v) is 4.38. The van der Waals surface area contributed by atoms with Crippen LogP contribution in [0, 0.1) is 25.2 Å². The summed E-state index contributed by atoms with van der Waals surface area (Å²) in [6.07, 6.45) is 1.27. The summed E-state index contributed by atoms with van der Waals surface area (Å²) >= 11 is 9.14. The summed E-state index contributed by atoms with van der Waals surface area (Å²) in [6, 6.07) is 17.5. The van der Waals surface area contributed by atoms with Gasteiger partial charge in [0, 0.05) is 20.7 Å². The molecule has 3 aromatic rings. The van der Waals surface area contributed by atoms with Crippen LogP contribution in [0.15, 0.2) is 75.6 Å². The number of hydrogen-bond acceptors (Lipinski definition) is 5. The zero-order valence-corrected chi connectivity index (χ0v) is 20.8. The van der Waals surface area contributed by atoms with Crippen molar-refractivity contribution >= 4 is 55.3 Å². The summed E-state index contributed by atoms with van der Waals surface area (Å²) in [5.41, 5.74) is 2.47. The molecule has 0 atom stereocenters. The average molecular weight is 546 g/mol. The van der Waals surface area contributed by atoms with Crippen molar-refractivity contribution in [1.29, 1.82) is 5.26 Å². The summed E-state index contributed by atoms with van der Waals surface area (Å²) in [4.78, 5) is 12.6. The average Bonchev–Trinajstić information content (AvgIpc) is 2.75. The van der Waals surface area contributed by atoms with Crippen molar-refractivity contribution in [2.24, 2.45) is 0 Å². The first-order valence-electron chi connectivity index (χ1n) is 9.59. The van der Waals surface area contributed by atoms with Crippen LogP contribution in [-0.2, 0) is 14.9 Å². The molecular formula is C24H18BrClN2O4S. The zero-order valence-electron chi connectivity index (χ0n) is 17.6. The SMILES string of the molecule is Cc1ccc(NC(=O)/C(C#N)=C/c2cc(Br)ccc2OS(=O)(=O)c2ccc(Cl)cc2)c(C)c1. The van der Waals surface area contributed by atoms with Crippen molar-refractivity contribution < 1.29 is 17.4 Å². The highest BCUT2D eigenvalue weighted by molar-refractivity contribution is 9.10. The van der Waals surface area contributed by atoms with Crippen molar-refractivity contribution in [3.8, 4) is 11.8 Å². The molecule has 0 radical (unpaired) electrons. The lowest BCUT2D eigenvalue weighted by Gasteiger charge is -2.11. The number of amides is 1. The van der Waals surface area contributed by atoms with Crippen molar-refractivity contribution in [2.45, 2.75) is 18.7 Å². The Morgan fingerprint density at radius 2 is 1.79 bits per heavy atom. The second kappa shape index (κ2) is 10.2. The van der Waals surface area contributed by atoms with Gasteiger partial charge in [-0.1, -0.05) is 45.2 Å². The minimum atomic E-state index is -4.17. The van der Waals surface area contributed by atoms with Gasteiger partial charge in [-0.3, -0.25) is 4.79 Å². The smallest absolute Gasteiger partial charge is 0.339 e.